The second-order valence-electron chi connectivity index (χ2n) is 2.87. The van der Waals surface area contributed by atoms with Crippen molar-refractivity contribution in [3.63, 3.8) is 0 Å². The van der Waals surface area contributed by atoms with Crippen LogP contribution in [0, 0.1) is 11.3 Å². The Bertz CT molecular complexity index is 356. The van der Waals surface area contributed by atoms with E-state index in [0.717, 1.165) is 3.53 Å². The molecular formula is C11H11NS3. The fourth-order valence-corrected chi connectivity index (χ4v) is 3.32. The molecule has 1 nitrogen and oxygen atoms in total. The van der Waals surface area contributed by atoms with Crippen molar-refractivity contribution in [1.29, 1.82) is 5.26 Å². The minimum atomic E-state index is 0.352. The van der Waals surface area contributed by atoms with Gasteiger partial charge in [0.05, 0.1) is 11.8 Å². The first-order valence-corrected chi connectivity index (χ1v) is 6.76. The summed E-state index contributed by atoms with van der Waals surface area (Å²) < 4.78 is 0.841. The molecule has 0 fully saturated rings. The molecule has 0 saturated heterocycles. The van der Waals surface area contributed by atoms with Gasteiger partial charge in [0, 0.05) is 5.25 Å². The molecule has 0 aliphatic rings. The summed E-state index contributed by atoms with van der Waals surface area (Å²) in [6, 6.07) is 12.3. The summed E-state index contributed by atoms with van der Waals surface area (Å²) in [4.78, 5) is 0. The first kappa shape index (κ1) is 12.6. The van der Waals surface area contributed by atoms with Crippen molar-refractivity contribution in [2.45, 2.75) is 12.2 Å². The lowest BCUT2D eigenvalue weighted by molar-refractivity contribution is 1.11. The van der Waals surface area contributed by atoms with E-state index < -0.39 is 0 Å². The maximum Gasteiger partial charge on any atom is 0.105 e. The van der Waals surface area contributed by atoms with Crippen molar-refractivity contribution in [3.8, 4) is 6.07 Å². The Morgan fingerprint density at radius 2 is 2.13 bits per heavy atom. The first-order valence-electron chi connectivity index (χ1n) is 4.49. The molecule has 0 amide bonds. The highest BCUT2D eigenvalue weighted by Crippen LogP contribution is 2.32. The normalized spacial score (nSPS) is 11.7. The lowest BCUT2D eigenvalue weighted by Crippen LogP contribution is -1.91. The molecule has 78 valence electrons. The average Bonchev–Trinajstić information content (AvgIpc) is 2.27. The lowest BCUT2D eigenvalue weighted by atomic mass is 10.2. The van der Waals surface area contributed by atoms with Crippen LogP contribution < -0.4 is 0 Å². The maximum absolute atomic E-state index is 8.43. The van der Waals surface area contributed by atoms with Gasteiger partial charge in [-0.3, -0.25) is 0 Å². The number of nitrogens with zero attached hydrogens (tertiary/aromatic N) is 1. The summed E-state index contributed by atoms with van der Waals surface area (Å²) in [5, 5.41) is 8.78. The molecule has 1 atom stereocenters. The Balaban J connectivity index is 2.46. The molecule has 0 bridgehead atoms. The third-order valence-electron chi connectivity index (χ3n) is 1.80. The first-order chi connectivity index (χ1) is 7.24. The van der Waals surface area contributed by atoms with E-state index in [1.54, 1.807) is 11.8 Å². The van der Waals surface area contributed by atoms with Gasteiger partial charge in [-0.1, -0.05) is 66.1 Å². The second kappa shape index (κ2) is 6.89. The van der Waals surface area contributed by atoms with Crippen LogP contribution in [0.5, 0.6) is 0 Å². The van der Waals surface area contributed by atoms with Gasteiger partial charge in [-0.25, -0.2) is 0 Å². The molecule has 0 N–H and O–H groups in total. The molecule has 1 unspecified atom stereocenters. The van der Waals surface area contributed by atoms with Crippen LogP contribution in [0.3, 0.4) is 0 Å². The highest BCUT2D eigenvalue weighted by Gasteiger charge is 2.08. The van der Waals surface area contributed by atoms with Crippen LogP contribution in [0.25, 0.3) is 0 Å². The highest BCUT2D eigenvalue weighted by atomic mass is 32.2. The van der Waals surface area contributed by atoms with Gasteiger partial charge >= 0.3 is 0 Å². The van der Waals surface area contributed by atoms with Crippen LogP contribution in [0.2, 0.25) is 0 Å². The molecule has 0 aliphatic carbocycles. The number of hydrogen-bond acceptors (Lipinski definition) is 4. The maximum atomic E-state index is 8.43. The van der Waals surface area contributed by atoms with E-state index in [1.165, 1.54) is 17.3 Å². The zero-order chi connectivity index (χ0) is 11.1. The number of rotatable bonds is 3. The Hall–Kier alpha value is -0.500. The van der Waals surface area contributed by atoms with E-state index in [1.807, 2.05) is 18.2 Å². The number of thiocarbonyl (C=S) groups is 1. The average molecular weight is 253 g/mol. The largest absolute Gasteiger partial charge is 0.197 e. The number of thioether (sulfide) groups is 2. The molecule has 0 heterocycles. The molecule has 0 saturated carbocycles. The third-order valence-corrected chi connectivity index (χ3v) is 4.41. The Morgan fingerprint density at radius 3 is 2.73 bits per heavy atom. The zero-order valence-electron chi connectivity index (χ0n) is 8.34. The molecule has 1 aromatic carbocycles. The summed E-state index contributed by atoms with van der Waals surface area (Å²) in [6.45, 7) is 2.12. The highest BCUT2D eigenvalue weighted by molar-refractivity contribution is 8.47. The van der Waals surface area contributed by atoms with Crippen LogP contribution in [0.4, 0.5) is 0 Å². The standard InChI is InChI=1S/C11H11NS3/c1-9(10-5-3-2-4-6-10)15-11(13)14-8-7-12/h2-6,9H,8H2,1H3. The van der Waals surface area contributed by atoms with E-state index in [0.29, 0.717) is 11.0 Å². The van der Waals surface area contributed by atoms with Gasteiger partial charge in [-0.2, -0.15) is 5.26 Å². The van der Waals surface area contributed by atoms with Crippen molar-refractivity contribution in [1.82, 2.24) is 0 Å². The van der Waals surface area contributed by atoms with E-state index in [2.05, 4.69) is 25.1 Å². The lowest BCUT2D eigenvalue weighted by Gasteiger charge is -2.10. The van der Waals surface area contributed by atoms with Gasteiger partial charge in [0.2, 0.25) is 0 Å². The van der Waals surface area contributed by atoms with Crippen molar-refractivity contribution in [2.75, 3.05) is 5.75 Å². The molecule has 15 heavy (non-hydrogen) atoms. The van der Waals surface area contributed by atoms with Crippen LogP contribution in [-0.4, -0.2) is 9.28 Å². The number of benzene rings is 1. The number of nitriles is 1. The van der Waals surface area contributed by atoms with Crippen molar-refractivity contribution < 1.29 is 0 Å². The molecule has 0 aliphatic heterocycles. The Morgan fingerprint density at radius 1 is 1.47 bits per heavy atom. The van der Waals surface area contributed by atoms with Gasteiger partial charge in [0.1, 0.15) is 3.53 Å². The molecule has 1 rings (SSSR count). The van der Waals surface area contributed by atoms with Gasteiger partial charge in [-0.05, 0) is 12.5 Å². The summed E-state index contributed by atoms with van der Waals surface area (Å²) in [5.41, 5.74) is 1.27. The van der Waals surface area contributed by atoms with E-state index in [-0.39, 0.29) is 0 Å². The monoisotopic (exact) mass is 253 g/mol. The quantitative estimate of drug-likeness (QED) is 0.759. The predicted molar refractivity (Wildman–Crippen MR) is 73.1 cm³/mol. The Labute approximate surface area is 104 Å². The fourth-order valence-electron chi connectivity index (χ4n) is 1.06. The van der Waals surface area contributed by atoms with E-state index in [4.69, 9.17) is 17.5 Å². The zero-order valence-corrected chi connectivity index (χ0v) is 10.8. The summed E-state index contributed by atoms with van der Waals surface area (Å²) in [7, 11) is 0. The van der Waals surface area contributed by atoms with Crippen LogP contribution in [-0.2, 0) is 0 Å². The predicted octanol–water partition coefficient (Wildman–Crippen LogP) is 4.02. The number of hydrogen-bond donors (Lipinski definition) is 0. The molecular weight excluding hydrogens is 242 g/mol. The molecule has 4 heteroatoms. The summed E-state index contributed by atoms with van der Waals surface area (Å²) in [6.07, 6.45) is 0. The van der Waals surface area contributed by atoms with Crippen molar-refractivity contribution >= 4 is 39.3 Å². The second-order valence-corrected chi connectivity index (χ2v) is 6.39. The molecule has 1 aromatic rings. The van der Waals surface area contributed by atoms with Crippen molar-refractivity contribution in [2.24, 2.45) is 0 Å². The smallest absolute Gasteiger partial charge is 0.105 e. The van der Waals surface area contributed by atoms with Gasteiger partial charge in [0.25, 0.3) is 0 Å². The van der Waals surface area contributed by atoms with E-state index >= 15 is 0 Å². The van der Waals surface area contributed by atoms with Crippen LogP contribution >= 0.6 is 35.7 Å². The Kier molecular flexibility index (Phi) is 5.77. The molecule has 0 radical (unpaired) electrons. The minimum absolute atomic E-state index is 0.352. The minimum Gasteiger partial charge on any atom is -0.197 e. The third kappa shape index (κ3) is 4.70. The van der Waals surface area contributed by atoms with Gasteiger partial charge < -0.3 is 0 Å². The molecule has 0 aromatic heterocycles. The van der Waals surface area contributed by atoms with Gasteiger partial charge in [-0.15, -0.1) is 0 Å². The molecule has 0 spiro atoms. The summed E-state index contributed by atoms with van der Waals surface area (Å²) >= 11 is 8.24. The van der Waals surface area contributed by atoms with E-state index in [9.17, 15) is 0 Å². The topological polar surface area (TPSA) is 23.8 Å². The van der Waals surface area contributed by atoms with Crippen LogP contribution in [0.15, 0.2) is 30.3 Å². The summed E-state index contributed by atoms with van der Waals surface area (Å²) in [5.74, 6) is 0.438. The SMILES string of the molecule is CC(SC(=S)SCC#N)c1ccccc1. The van der Waals surface area contributed by atoms with Crippen LogP contribution in [0.1, 0.15) is 17.7 Å². The fraction of sp³-hybridized carbons (Fsp3) is 0.273. The van der Waals surface area contributed by atoms with Gasteiger partial charge in [0.15, 0.2) is 0 Å². The van der Waals surface area contributed by atoms with Crippen molar-refractivity contribution in [3.05, 3.63) is 35.9 Å².